The van der Waals surface area contributed by atoms with E-state index in [1.54, 1.807) is 14.0 Å². The van der Waals surface area contributed by atoms with E-state index in [2.05, 4.69) is 26.8 Å². The maximum Gasteiger partial charge on any atom is 0.251 e. The van der Waals surface area contributed by atoms with E-state index in [0.29, 0.717) is 17.7 Å². The minimum atomic E-state index is -0.380. The van der Waals surface area contributed by atoms with Crippen molar-refractivity contribution < 1.29 is 18.7 Å². The van der Waals surface area contributed by atoms with Gasteiger partial charge in [-0.1, -0.05) is 6.07 Å². The number of carbonyl (C=O) groups is 1. The number of aromatic nitrogens is 1. The molecule has 3 aromatic rings. The van der Waals surface area contributed by atoms with Crippen LogP contribution in [0.25, 0.3) is 11.0 Å². The van der Waals surface area contributed by atoms with E-state index in [1.807, 2.05) is 41.6 Å². The quantitative estimate of drug-likeness (QED) is 0.510. The number of pyridine rings is 1. The lowest BCUT2D eigenvalue weighted by atomic mass is 10.1. The van der Waals surface area contributed by atoms with Gasteiger partial charge in [0, 0.05) is 76.1 Å². The topological polar surface area (TPSA) is 92.1 Å². The van der Waals surface area contributed by atoms with Crippen LogP contribution in [0.3, 0.4) is 0 Å². The number of hydrogen-bond donors (Lipinski definition) is 2. The number of piperazine rings is 1. The van der Waals surface area contributed by atoms with Gasteiger partial charge in [-0.3, -0.25) is 20.5 Å². The highest BCUT2D eigenvalue weighted by Gasteiger charge is 2.24. The molecular weight excluding hydrogens is 446 g/mol. The Morgan fingerprint density at radius 3 is 2.80 bits per heavy atom. The first-order valence-electron chi connectivity index (χ1n) is 12.3. The summed E-state index contributed by atoms with van der Waals surface area (Å²) in [6.07, 6.45) is 5.25. The van der Waals surface area contributed by atoms with E-state index >= 15 is 0 Å². The summed E-state index contributed by atoms with van der Waals surface area (Å²) in [7, 11) is 1.57. The van der Waals surface area contributed by atoms with Gasteiger partial charge >= 0.3 is 0 Å². The van der Waals surface area contributed by atoms with Crippen molar-refractivity contribution in [3.05, 3.63) is 53.9 Å². The maximum absolute atomic E-state index is 12.3. The average molecular weight is 480 g/mol. The van der Waals surface area contributed by atoms with Crippen LogP contribution in [0.5, 0.6) is 11.6 Å². The van der Waals surface area contributed by atoms with E-state index in [4.69, 9.17) is 13.9 Å². The number of nitrogens with zero attached hydrogens (tertiary/aromatic N) is 3. The lowest BCUT2D eigenvalue weighted by molar-refractivity contribution is -0.142. The number of furan rings is 1. The van der Waals surface area contributed by atoms with Crippen LogP contribution in [0.15, 0.2) is 47.2 Å². The van der Waals surface area contributed by atoms with E-state index in [0.717, 1.165) is 68.6 Å². The van der Waals surface area contributed by atoms with Gasteiger partial charge in [-0.25, -0.2) is 4.98 Å². The van der Waals surface area contributed by atoms with Crippen molar-refractivity contribution in [2.45, 2.75) is 31.9 Å². The van der Waals surface area contributed by atoms with Crippen molar-refractivity contribution in [1.82, 2.24) is 25.6 Å². The zero-order valence-electron chi connectivity index (χ0n) is 20.3. The summed E-state index contributed by atoms with van der Waals surface area (Å²) in [5.74, 6) is 1.33. The van der Waals surface area contributed by atoms with Gasteiger partial charge in [-0.2, -0.15) is 0 Å². The average Bonchev–Trinajstić information content (AvgIpc) is 3.58. The van der Waals surface area contributed by atoms with Gasteiger partial charge < -0.3 is 18.8 Å². The standard InChI is InChI=1S/C26H33N5O4/c1-18(33-2)26(32)31-13-11-30(12-14-31)10-8-20-17-34-24-15-21(4-5-22(20)24)35-25-6-3-19(16-27-25)23-7-9-28-29-23/h3-6,15-18,23,28-29H,7-14H2,1-2H3/t18-,23?/m1/s1. The molecule has 2 N–H and O–H groups in total. The van der Waals surface area contributed by atoms with E-state index in [9.17, 15) is 4.79 Å². The van der Waals surface area contributed by atoms with Gasteiger partial charge in [0.25, 0.3) is 5.91 Å². The van der Waals surface area contributed by atoms with Crippen molar-refractivity contribution in [3.63, 3.8) is 0 Å². The Hall–Kier alpha value is -2.98. The van der Waals surface area contributed by atoms with E-state index in [-0.39, 0.29) is 12.0 Å². The zero-order chi connectivity index (χ0) is 24.2. The summed E-state index contributed by atoms with van der Waals surface area (Å²) in [6, 6.07) is 10.2. The van der Waals surface area contributed by atoms with Crippen LogP contribution in [0.1, 0.15) is 30.5 Å². The normalized spacial score (nSPS) is 19.8. The molecule has 5 rings (SSSR count). The summed E-state index contributed by atoms with van der Waals surface area (Å²) in [6.45, 7) is 6.90. The fourth-order valence-electron chi connectivity index (χ4n) is 4.66. The molecule has 1 aromatic carbocycles. The summed E-state index contributed by atoms with van der Waals surface area (Å²) in [5.41, 5.74) is 9.51. The number of amides is 1. The SMILES string of the molecule is CO[C@H](C)C(=O)N1CCN(CCc2coc3cc(Oc4ccc(C5CCNN5)cn4)ccc23)CC1. The minimum absolute atomic E-state index is 0.0697. The summed E-state index contributed by atoms with van der Waals surface area (Å²) < 4.78 is 17.0. The van der Waals surface area contributed by atoms with Crippen molar-refractivity contribution in [1.29, 1.82) is 0 Å². The smallest absolute Gasteiger partial charge is 0.251 e. The fraction of sp³-hybridized carbons (Fsp3) is 0.462. The number of hydrogen-bond acceptors (Lipinski definition) is 8. The molecule has 9 heteroatoms. The monoisotopic (exact) mass is 479 g/mol. The largest absolute Gasteiger partial charge is 0.464 e. The lowest BCUT2D eigenvalue weighted by Crippen LogP contribution is -2.51. The second-order valence-electron chi connectivity index (χ2n) is 9.16. The number of fused-ring (bicyclic) bond motifs is 1. The molecule has 4 heterocycles. The Bertz CT molecular complexity index is 1130. The van der Waals surface area contributed by atoms with Crippen LogP contribution in [-0.2, 0) is 16.0 Å². The molecular formula is C26H33N5O4. The minimum Gasteiger partial charge on any atom is -0.464 e. The van der Waals surface area contributed by atoms with Crippen molar-refractivity contribution in [2.75, 3.05) is 46.4 Å². The molecule has 35 heavy (non-hydrogen) atoms. The van der Waals surface area contributed by atoms with Crippen LogP contribution in [0, 0.1) is 0 Å². The van der Waals surface area contributed by atoms with Gasteiger partial charge in [-0.05, 0) is 43.0 Å². The maximum atomic E-state index is 12.3. The molecule has 0 radical (unpaired) electrons. The molecule has 2 atom stereocenters. The number of ether oxygens (including phenoxy) is 2. The van der Waals surface area contributed by atoms with Crippen molar-refractivity contribution >= 4 is 16.9 Å². The van der Waals surface area contributed by atoms with Crippen LogP contribution in [0.2, 0.25) is 0 Å². The lowest BCUT2D eigenvalue weighted by Gasteiger charge is -2.35. The molecule has 2 aromatic heterocycles. The molecule has 0 saturated carbocycles. The molecule has 2 aliphatic rings. The highest BCUT2D eigenvalue weighted by atomic mass is 16.5. The number of hydrazine groups is 1. The third kappa shape index (κ3) is 5.48. The predicted molar refractivity (Wildman–Crippen MR) is 132 cm³/mol. The Morgan fingerprint density at radius 2 is 2.09 bits per heavy atom. The molecule has 0 aliphatic carbocycles. The van der Waals surface area contributed by atoms with Gasteiger partial charge in [0.15, 0.2) is 0 Å². The number of nitrogens with one attached hydrogen (secondary N) is 2. The highest BCUT2D eigenvalue weighted by molar-refractivity contribution is 5.82. The summed E-state index contributed by atoms with van der Waals surface area (Å²) >= 11 is 0. The van der Waals surface area contributed by atoms with Crippen molar-refractivity contribution in [2.24, 2.45) is 0 Å². The Kier molecular flexibility index (Phi) is 7.29. The van der Waals surface area contributed by atoms with Gasteiger partial charge in [0.05, 0.1) is 6.26 Å². The molecule has 2 saturated heterocycles. The predicted octanol–water partition coefficient (Wildman–Crippen LogP) is 2.88. The Morgan fingerprint density at radius 1 is 1.23 bits per heavy atom. The van der Waals surface area contributed by atoms with Crippen LogP contribution >= 0.6 is 0 Å². The Balaban J connectivity index is 1.15. The molecule has 0 spiro atoms. The number of carbonyl (C=O) groups excluding carboxylic acids is 1. The van der Waals surface area contributed by atoms with Crippen LogP contribution in [-0.4, -0.2) is 73.2 Å². The van der Waals surface area contributed by atoms with Gasteiger partial charge in [0.1, 0.15) is 17.4 Å². The second kappa shape index (κ2) is 10.7. The molecule has 1 amide bonds. The van der Waals surface area contributed by atoms with E-state index in [1.165, 1.54) is 5.56 Å². The molecule has 9 nitrogen and oxygen atoms in total. The number of rotatable bonds is 8. The third-order valence-corrected chi connectivity index (χ3v) is 6.93. The van der Waals surface area contributed by atoms with Gasteiger partial charge in [0.2, 0.25) is 5.88 Å². The molecule has 1 unspecified atom stereocenters. The molecule has 0 bridgehead atoms. The molecule has 2 aliphatic heterocycles. The fourth-order valence-corrected chi connectivity index (χ4v) is 4.66. The molecule has 186 valence electrons. The number of methoxy groups -OCH3 is 1. The van der Waals surface area contributed by atoms with Crippen molar-refractivity contribution in [3.8, 4) is 11.6 Å². The first-order chi connectivity index (χ1) is 17.1. The third-order valence-electron chi connectivity index (χ3n) is 6.93. The van der Waals surface area contributed by atoms with Crippen LogP contribution in [0.4, 0.5) is 0 Å². The molecule has 2 fully saturated rings. The van der Waals surface area contributed by atoms with Crippen LogP contribution < -0.4 is 15.6 Å². The first-order valence-corrected chi connectivity index (χ1v) is 12.3. The van der Waals surface area contributed by atoms with E-state index < -0.39 is 0 Å². The zero-order valence-corrected chi connectivity index (χ0v) is 20.3. The first kappa shape index (κ1) is 23.7. The summed E-state index contributed by atoms with van der Waals surface area (Å²) in [4.78, 5) is 21.0. The highest BCUT2D eigenvalue weighted by Crippen LogP contribution is 2.29. The number of benzene rings is 1. The second-order valence-corrected chi connectivity index (χ2v) is 9.16. The summed E-state index contributed by atoms with van der Waals surface area (Å²) in [5, 5.41) is 1.10. The Labute approximate surface area is 205 Å². The van der Waals surface area contributed by atoms with Gasteiger partial charge in [-0.15, -0.1) is 0 Å².